The Hall–Kier alpha value is -1.33. The third-order valence-electron chi connectivity index (χ3n) is 2.88. The lowest BCUT2D eigenvalue weighted by molar-refractivity contribution is -0.115. The zero-order valence-corrected chi connectivity index (χ0v) is 12.1. The van der Waals surface area contributed by atoms with Crippen molar-refractivity contribution in [3.63, 3.8) is 0 Å². The monoisotopic (exact) mass is 337 g/mol. The van der Waals surface area contributed by atoms with Crippen LogP contribution in [0, 0.1) is 5.82 Å². The highest BCUT2D eigenvalue weighted by Gasteiger charge is 2.29. The molecule has 1 aliphatic rings. The first-order chi connectivity index (χ1) is 9.15. The molecule has 2 aromatic rings. The first-order valence-corrected chi connectivity index (χ1v) is 7.34. The molecular weight excluding hydrogens is 329 g/mol. The van der Waals surface area contributed by atoms with Gasteiger partial charge in [0.05, 0.1) is 5.69 Å². The zero-order valence-electron chi connectivity index (χ0n) is 9.69. The van der Waals surface area contributed by atoms with Crippen LogP contribution in [0.5, 0.6) is 0 Å². The first-order valence-electron chi connectivity index (χ1n) is 5.66. The standard InChI is InChI=1S/C14H9BrFNOS/c15-10-2-1-3-11-12(10)17-14(18)13(19-11)8-4-6-9(16)7-5-8/h1-7,13H,(H,17,18). The van der Waals surface area contributed by atoms with E-state index in [1.807, 2.05) is 18.2 Å². The van der Waals surface area contributed by atoms with E-state index in [1.54, 1.807) is 12.1 Å². The average Bonchev–Trinajstić information content (AvgIpc) is 2.40. The van der Waals surface area contributed by atoms with Crippen LogP contribution >= 0.6 is 27.7 Å². The van der Waals surface area contributed by atoms with Gasteiger partial charge in [-0.15, -0.1) is 11.8 Å². The van der Waals surface area contributed by atoms with E-state index in [0.717, 1.165) is 20.6 Å². The van der Waals surface area contributed by atoms with Gasteiger partial charge in [0.1, 0.15) is 11.1 Å². The number of para-hydroxylation sites is 1. The number of rotatable bonds is 1. The van der Waals surface area contributed by atoms with Crippen molar-refractivity contribution in [1.82, 2.24) is 0 Å². The Morgan fingerprint density at radius 3 is 2.63 bits per heavy atom. The SMILES string of the molecule is O=C1Nc2c(Br)cccc2SC1c1ccc(F)cc1. The summed E-state index contributed by atoms with van der Waals surface area (Å²) in [7, 11) is 0. The van der Waals surface area contributed by atoms with Crippen LogP contribution in [-0.2, 0) is 4.79 Å². The van der Waals surface area contributed by atoms with Gasteiger partial charge in [0.15, 0.2) is 0 Å². The lowest BCUT2D eigenvalue weighted by atomic mass is 10.1. The molecule has 2 nitrogen and oxygen atoms in total. The second-order valence-electron chi connectivity index (χ2n) is 4.15. The van der Waals surface area contributed by atoms with Crippen molar-refractivity contribution < 1.29 is 9.18 Å². The third kappa shape index (κ3) is 2.40. The Balaban J connectivity index is 1.98. The molecule has 0 fully saturated rings. The van der Waals surface area contributed by atoms with Crippen LogP contribution in [0.2, 0.25) is 0 Å². The van der Waals surface area contributed by atoms with E-state index in [2.05, 4.69) is 21.2 Å². The summed E-state index contributed by atoms with van der Waals surface area (Å²) in [6.45, 7) is 0. The maximum atomic E-state index is 12.9. The van der Waals surface area contributed by atoms with Crippen molar-refractivity contribution in [2.24, 2.45) is 0 Å². The summed E-state index contributed by atoms with van der Waals surface area (Å²) in [5.41, 5.74) is 1.60. The van der Waals surface area contributed by atoms with E-state index in [4.69, 9.17) is 0 Å². The molecule has 1 atom stereocenters. The van der Waals surface area contributed by atoms with E-state index < -0.39 is 0 Å². The van der Waals surface area contributed by atoms with Crippen molar-refractivity contribution in [1.29, 1.82) is 0 Å². The highest BCUT2D eigenvalue weighted by atomic mass is 79.9. The molecule has 96 valence electrons. The van der Waals surface area contributed by atoms with Crippen LogP contribution in [-0.4, -0.2) is 5.91 Å². The Morgan fingerprint density at radius 2 is 1.89 bits per heavy atom. The van der Waals surface area contributed by atoms with Crippen molar-refractivity contribution in [2.75, 3.05) is 5.32 Å². The minimum absolute atomic E-state index is 0.0870. The van der Waals surface area contributed by atoms with E-state index >= 15 is 0 Å². The number of hydrogen-bond acceptors (Lipinski definition) is 2. The van der Waals surface area contributed by atoms with E-state index in [1.165, 1.54) is 23.9 Å². The molecular formula is C14H9BrFNOS. The fourth-order valence-electron chi connectivity index (χ4n) is 1.95. The molecule has 0 radical (unpaired) electrons. The molecule has 1 heterocycles. The van der Waals surface area contributed by atoms with Gasteiger partial charge in [0, 0.05) is 9.37 Å². The smallest absolute Gasteiger partial charge is 0.242 e. The number of anilines is 1. The summed E-state index contributed by atoms with van der Waals surface area (Å²) >= 11 is 4.89. The molecule has 1 N–H and O–H groups in total. The molecule has 0 aromatic heterocycles. The van der Waals surface area contributed by atoms with Gasteiger partial charge in [-0.2, -0.15) is 0 Å². The molecule has 19 heavy (non-hydrogen) atoms. The predicted molar refractivity (Wildman–Crippen MR) is 77.8 cm³/mol. The lowest BCUT2D eigenvalue weighted by Gasteiger charge is -2.25. The highest BCUT2D eigenvalue weighted by molar-refractivity contribution is 9.10. The fourth-order valence-corrected chi connectivity index (χ4v) is 3.70. The Morgan fingerprint density at radius 1 is 1.16 bits per heavy atom. The first kappa shape index (κ1) is 12.7. The topological polar surface area (TPSA) is 29.1 Å². The van der Waals surface area contributed by atoms with Crippen LogP contribution in [0.1, 0.15) is 10.8 Å². The second-order valence-corrected chi connectivity index (χ2v) is 6.15. The van der Waals surface area contributed by atoms with Crippen molar-refractivity contribution >= 4 is 39.3 Å². The number of carbonyl (C=O) groups excluding carboxylic acids is 1. The largest absolute Gasteiger partial charge is 0.323 e. The fraction of sp³-hybridized carbons (Fsp3) is 0.0714. The Labute approximate surface area is 122 Å². The zero-order chi connectivity index (χ0) is 13.4. The maximum absolute atomic E-state index is 12.9. The van der Waals surface area contributed by atoms with Crippen LogP contribution in [0.3, 0.4) is 0 Å². The summed E-state index contributed by atoms with van der Waals surface area (Å²) in [6.07, 6.45) is 0. The van der Waals surface area contributed by atoms with E-state index in [0.29, 0.717) is 0 Å². The van der Waals surface area contributed by atoms with Crippen molar-refractivity contribution in [3.8, 4) is 0 Å². The van der Waals surface area contributed by atoms with Gasteiger partial charge >= 0.3 is 0 Å². The van der Waals surface area contributed by atoms with Gasteiger partial charge in [-0.05, 0) is 45.8 Å². The summed E-state index contributed by atoms with van der Waals surface area (Å²) in [4.78, 5) is 13.2. The molecule has 0 bridgehead atoms. The number of amides is 1. The number of thioether (sulfide) groups is 1. The number of carbonyl (C=O) groups is 1. The van der Waals surface area contributed by atoms with E-state index in [9.17, 15) is 9.18 Å². The number of fused-ring (bicyclic) bond motifs is 1. The summed E-state index contributed by atoms with van der Waals surface area (Å²) in [5, 5.41) is 2.55. The molecule has 0 aliphatic carbocycles. The third-order valence-corrected chi connectivity index (χ3v) is 4.86. The van der Waals surface area contributed by atoms with Gasteiger partial charge in [-0.3, -0.25) is 4.79 Å². The van der Waals surface area contributed by atoms with Gasteiger partial charge in [-0.25, -0.2) is 4.39 Å². The van der Waals surface area contributed by atoms with Crippen LogP contribution in [0.15, 0.2) is 51.8 Å². The average molecular weight is 338 g/mol. The molecule has 0 spiro atoms. The quantitative estimate of drug-likeness (QED) is 0.836. The summed E-state index contributed by atoms with van der Waals surface area (Å²) < 4.78 is 13.8. The minimum atomic E-state index is -0.345. The molecule has 3 rings (SSSR count). The molecule has 0 saturated heterocycles. The number of benzene rings is 2. The van der Waals surface area contributed by atoms with Crippen LogP contribution in [0.4, 0.5) is 10.1 Å². The van der Waals surface area contributed by atoms with Crippen molar-refractivity contribution in [2.45, 2.75) is 10.1 Å². The van der Waals surface area contributed by atoms with Gasteiger partial charge in [0.2, 0.25) is 5.91 Å². The van der Waals surface area contributed by atoms with E-state index in [-0.39, 0.29) is 17.0 Å². The Kier molecular flexibility index (Phi) is 3.33. The number of halogens is 2. The molecule has 2 aromatic carbocycles. The summed E-state index contributed by atoms with van der Waals surface area (Å²) in [5.74, 6) is -0.385. The van der Waals surface area contributed by atoms with Crippen LogP contribution in [0.25, 0.3) is 0 Å². The molecule has 1 amide bonds. The Bertz CT molecular complexity index is 644. The molecule has 1 unspecified atom stereocenters. The highest BCUT2D eigenvalue weighted by Crippen LogP contribution is 2.46. The maximum Gasteiger partial charge on any atom is 0.242 e. The molecule has 0 saturated carbocycles. The second kappa shape index (κ2) is 4.98. The minimum Gasteiger partial charge on any atom is -0.323 e. The molecule has 1 aliphatic heterocycles. The van der Waals surface area contributed by atoms with Crippen molar-refractivity contribution in [3.05, 3.63) is 58.3 Å². The van der Waals surface area contributed by atoms with Gasteiger partial charge in [-0.1, -0.05) is 18.2 Å². The van der Waals surface area contributed by atoms with Gasteiger partial charge in [0.25, 0.3) is 0 Å². The van der Waals surface area contributed by atoms with Crippen LogP contribution < -0.4 is 5.32 Å². The number of nitrogens with one attached hydrogen (secondary N) is 1. The molecule has 5 heteroatoms. The number of hydrogen-bond donors (Lipinski definition) is 1. The normalized spacial score (nSPS) is 17.8. The summed E-state index contributed by atoms with van der Waals surface area (Å²) in [6, 6.07) is 11.8. The lowest BCUT2D eigenvalue weighted by Crippen LogP contribution is -2.23. The predicted octanol–water partition coefficient (Wildman–Crippen LogP) is 4.37. The van der Waals surface area contributed by atoms with Gasteiger partial charge < -0.3 is 5.32 Å².